The van der Waals surface area contributed by atoms with Crippen LogP contribution in [-0.2, 0) is 4.74 Å². The molecular weight excluding hydrogens is 378 g/mol. The third-order valence-electron chi connectivity index (χ3n) is 11.1. The quantitative estimate of drug-likeness (QED) is 0.488. The zero-order valence-corrected chi connectivity index (χ0v) is 19.3. The zero-order chi connectivity index (χ0) is 20.8. The molecule has 2 heteroatoms. The largest absolute Gasteiger partial charge is 0.368 e. The van der Waals surface area contributed by atoms with Gasteiger partial charge in [-0.1, -0.05) is 32.4 Å². The standard InChI is InChI=1S/C29H37NO/c1-19-3-6-23-16-24-9-11-27(2)25(21-5-4-20-10-14-30-18-22(20)15-21)7-8-26(27)29(24)13-12-28(23,17-19)31-29/h4-5,10,14-15,18-19,23-26H,3,6-9,11-13,16-17H2,1-2H3/t19-,23?,24?,25-,26-,27-,28-,29-/m1/s1. The first kappa shape index (κ1) is 19.1. The highest BCUT2D eigenvalue weighted by atomic mass is 16.5. The van der Waals surface area contributed by atoms with Crippen molar-refractivity contribution < 1.29 is 4.74 Å². The average molecular weight is 416 g/mol. The van der Waals surface area contributed by atoms with Crippen molar-refractivity contribution in [2.45, 2.75) is 95.2 Å². The Balaban J connectivity index is 1.26. The number of rotatable bonds is 1. The van der Waals surface area contributed by atoms with Crippen LogP contribution in [0.3, 0.4) is 0 Å². The predicted octanol–water partition coefficient (Wildman–Crippen LogP) is 7.27. The SMILES string of the molecule is C[C@@H]1CCC2CC3CC[C@]4(C)[C@@H](c5ccc6ccncc6c5)CC[C@H]4[C@@]34CC[C@]2(C1)O4. The molecular formula is C29H37NO. The second-order valence-electron chi connectivity index (χ2n) is 12.3. The molecule has 0 radical (unpaired) electrons. The van der Waals surface area contributed by atoms with Gasteiger partial charge in [0.05, 0.1) is 11.2 Å². The molecule has 31 heavy (non-hydrogen) atoms. The first-order valence-corrected chi connectivity index (χ1v) is 13.1. The second kappa shape index (κ2) is 6.34. The topological polar surface area (TPSA) is 22.1 Å². The lowest BCUT2D eigenvalue weighted by molar-refractivity contribution is -0.260. The highest BCUT2D eigenvalue weighted by Gasteiger charge is 2.70. The van der Waals surface area contributed by atoms with Gasteiger partial charge in [-0.25, -0.2) is 0 Å². The maximum Gasteiger partial charge on any atom is 0.0752 e. The van der Waals surface area contributed by atoms with Crippen LogP contribution in [0.2, 0.25) is 0 Å². The summed E-state index contributed by atoms with van der Waals surface area (Å²) in [7, 11) is 0. The Morgan fingerprint density at radius 3 is 2.81 bits per heavy atom. The fraction of sp³-hybridized carbons (Fsp3) is 0.690. The van der Waals surface area contributed by atoms with Gasteiger partial charge in [0.25, 0.3) is 0 Å². The Kier molecular flexibility index (Phi) is 3.91. The van der Waals surface area contributed by atoms with E-state index in [2.05, 4.69) is 43.1 Å². The molecule has 3 aliphatic carbocycles. The number of aromatic nitrogens is 1. The van der Waals surface area contributed by atoms with E-state index in [1.54, 1.807) is 5.56 Å². The summed E-state index contributed by atoms with van der Waals surface area (Å²) < 4.78 is 7.47. The van der Waals surface area contributed by atoms with Gasteiger partial charge in [0, 0.05) is 17.8 Å². The van der Waals surface area contributed by atoms with E-state index in [1.807, 2.05) is 12.4 Å². The van der Waals surface area contributed by atoms with Gasteiger partial charge >= 0.3 is 0 Å². The molecule has 0 amide bonds. The summed E-state index contributed by atoms with van der Waals surface area (Å²) >= 11 is 0. The lowest BCUT2D eigenvalue weighted by atomic mass is 9.53. The highest BCUT2D eigenvalue weighted by Crippen LogP contribution is 2.72. The van der Waals surface area contributed by atoms with Crippen LogP contribution in [0.25, 0.3) is 10.8 Å². The average Bonchev–Trinajstić information content (AvgIpc) is 3.28. The number of ether oxygens (including phenoxy) is 1. The van der Waals surface area contributed by atoms with Crippen LogP contribution < -0.4 is 0 Å². The van der Waals surface area contributed by atoms with Gasteiger partial charge in [-0.2, -0.15) is 0 Å². The molecule has 2 spiro atoms. The van der Waals surface area contributed by atoms with E-state index in [0.717, 1.165) is 23.7 Å². The Hall–Kier alpha value is -1.41. The molecule has 5 fully saturated rings. The van der Waals surface area contributed by atoms with Gasteiger partial charge in [-0.3, -0.25) is 4.98 Å². The normalized spacial score (nSPS) is 48.3. The van der Waals surface area contributed by atoms with Crippen molar-refractivity contribution in [1.82, 2.24) is 4.98 Å². The van der Waals surface area contributed by atoms with Gasteiger partial charge in [0.1, 0.15) is 0 Å². The molecule has 2 saturated heterocycles. The van der Waals surface area contributed by atoms with Crippen molar-refractivity contribution in [1.29, 1.82) is 0 Å². The van der Waals surface area contributed by atoms with Crippen LogP contribution >= 0.6 is 0 Å². The first-order valence-electron chi connectivity index (χ1n) is 13.1. The van der Waals surface area contributed by atoms with Crippen LogP contribution in [0.1, 0.15) is 89.5 Å². The third-order valence-corrected chi connectivity index (χ3v) is 11.1. The molecule has 2 unspecified atom stereocenters. The monoisotopic (exact) mass is 415 g/mol. The summed E-state index contributed by atoms with van der Waals surface area (Å²) in [5, 5.41) is 2.61. The smallest absolute Gasteiger partial charge is 0.0752 e. The van der Waals surface area contributed by atoms with Crippen LogP contribution in [-0.4, -0.2) is 16.2 Å². The van der Waals surface area contributed by atoms with E-state index < -0.39 is 0 Å². The molecule has 3 heterocycles. The van der Waals surface area contributed by atoms with Crippen molar-refractivity contribution in [2.75, 3.05) is 0 Å². The molecule has 0 N–H and O–H groups in total. The number of nitrogens with zero attached hydrogens (tertiary/aromatic N) is 1. The number of hydrogen-bond acceptors (Lipinski definition) is 2. The second-order valence-corrected chi connectivity index (χ2v) is 12.3. The van der Waals surface area contributed by atoms with Crippen LogP contribution in [0.5, 0.6) is 0 Å². The number of hydrogen-bond donors (Lipinski definition) is 0. The van der Waals surface area contributed by atoms with Gasteiger partial charge in [-0.05, 0) is 116 Å². The summed E-state index contributed by atoms with van der Waals surface area (Å²) in [4.78, 5) is 4.39. The molecule has 1 aromatic heterocycles. The summed E-state index contributed by atoms with van der Waals surface area (Å²) in [6.07, 6.45) is 17.7. The lowest BCUT2D eigenvalue weighted by Crippen LogP contribution is -2.61. The lowest BCUT2D eigenvalue weighted by Gasteiger charge is -2.60. The van der Waals surface area contributed by atoms with E-state index in [0.29, 0.717) is 11.3 Å². The Bertz CT molecular complexity index is 1030. The summed E-state index contributed by atoms with van der Waals surface area (Å²) in [5.41, 5.74) is 2.35. The fourth-order valence-electron chi connectivity index (χ4n) is 9.72. The van der Waals surface area contributed by atoms with Gasteiger partial charge in [-0.15, -0.1) is 0 Å². The van der Waals surface area contributed by atoms with Crippen LogP contribution in [0.4, 0.5) is 0 Å². The zero-order valence-electron chi connectivity index (χ0n) is 19.3. The number of benzene rings is 1. The Morgan fingerprint density at radius 1 is 0.935 bits per heavy atom. The maximum absolute atomic E-state index is 7.47. The van der Waals surface area contributed by atoms with Crippen LogP contribution in [0, 0.1) is 29.1 Å². The van der Waals surface area contributed by atoms with Crippen molar-refractivity contribution in [3.8, 4) is 0 Å². The maximum atomic E-state index is 7.47. The molecule has 2 nitrogen and oxygen atoms in total. The summed E-state index contributed by atoms with van der Waals surface area (Å²) in [5.74, 6) is 3.92. The minimum atomic E-state index is 0.188. The highest BCUT2D eigenvalue weighted by molar-refractivity contribution is 5.82. The van der Waals surface area contributed by atoms with Crippen molar-refractivity contribution in [3.05, 3.63) is 42.2 Å². The van der Waals surface area contributed by atoms with Crippen molar-refractivity contribution in [2.24, 2.45) is 29.1 Å². The van der Waals surface area contributed by atoms with E-state index in [-0.39, 0.29) is 11.2 Å². The van der Waals surface area contributed by atoms with E-state index in [4.69, 9.17) is 4.74 Å². The van der Waals surface area contributed by atoms with E-state index in [9.17, 15) is 0 Å². The summed E-state index contributed by atoms with van der Waals surface area (Å²) in [6, 6.07) is 9.32. The molecule has 2 aromatic rings. The Labute approximate surface area is 187 Å². The molecule has 164 valence electrons. The molecule has 7 rings (SSSR count). The van der Waals surface area contributed by atoms with Gasteiger partial charge in [0.2, 0.25) is 0 Å². The molecule has 2 aliphatic heterocycles. The summed E-state index contributed by atoms with van der Waals surface area (Å²) in [6.45, 7) is 5.11. The van der Waals surface area contributed by atoms with E-state index in [1.165, 1.54) is 75.0 Å². The van der Waals surface area contributed by atoms with Crippen molar-refractivity contribution in [3.63, 3.8) is 0 Å². The van der Waals surface area contributed by atoms with Gasteiger partial charge in [0.15, 0.2) is 0 Å². The third kappa shape index (κ3) is 2.46. The van der Waals surface area contributed by atoms with Crippen LogP contribution in [0.15, 0.2) is 36.7 Å². The van der Waals surface area contributed by atoms with Crippen molar-refractivity contribution >= 4 is 10.8 Å². The fourth-order valence-corrected chi connectivity index (χ4v) is 9.72. The predicted molar refractivity (Wildman–Crippen MR) is 125 cm³/mol. The molecule has 1 aromatic carbocycles. The van der Waals surface area contributed by atoms with E-state index >= 15 is 0 Å². The Morgan fingerprint density at radius 2 is 1.87 bits per heavy atom. The minimum Gasteiger partial charge on any atom is -0.368 e. The molecule has 2 bridgehead atoms. The minimum absolute atomic E-state index is 0.188. The molecule has 8 atom stereocenters. The number of pyridine rings is 1. The first-order chi connectivity index (χ1) is 15.0. The number of fused-ring (bicyclic) bond motifs is 2. The molecule has 3 saturated carbocycles. The van der Waals surface area contributed by atoms with Gasteiger partial charge < -0.3 is 4.74 Å². The molecule has 5 aliphatic rings.